The van der Waals surface area contributed by atoms with Crippen LogP contribution in [0.4, 0.5) is 0 Å². The number of fused-ring (bicyclic) bond motifs is 1. The monoisotopic (exact) mass is 353 g/mol. The van der Waals surface area contributed by atoms with Gasteiger partial charge in [-0.2, -0.15) is 5.10 Å². The van der Waals surface area contributed by atoms with E-state index >= 15 is 0 Å². The molecule has 7 heteroatoms. The first-order chi connectivity index (χ1) is 12.6. The Kier molecular flexibility index (Phi) is 4.46. The molecule has 1 aliphatic rings. The average Bonchev–Trinajstić information content (AvgIpc) is 3.32. The second-order valence-corrected chi connectivity index (χ2v) is 7.07. The highest BCUT2D eigenvalue weighted by Gasteiger charge is 2.34. The van der Waals surface area contributed by atoms with Crippen molar-refractivity contribution < 1.29 is 9.90 Å². The number of nitrogens with zero attached hydrogens (tertiary/aromatic N) is 3. The number of para-hydroxylation sites is 2. The van der Waals surface area contributed by atoms with Gasteiger partial charge in [0.25, 0.3) is 0 Å². The van der Waals surface area contributed by atoms with Gasteiger partial charge in [0, 0.05) is 37.5 Å². The first-order valence-corrected chi connectivity index (χ1v) is 8.99. The minimum absolute atomic E-state index is 0.0350. The summed E-state index contributed by atoms with van der Waals surface area (Å²) < 4.78 is 0. The number of amides is 1. The summed E-state index contributed by atoms with van der Waals surface area (Å²) in [5.74, 6) is 0.918. The first kappa shape index (κ1) is 16.8. The zero-order chi connectivity index (χ0) is 18.1. The molecule has 136 valence electrons. The summed E-state index contributed by atoms with van der Waals surface area (Å²) in [6.45, 7) is 2.93. The Balaban J connectivity index is 1.33. The van der Waals surface area contributed by atoms with Gasteiger partial charge < -0.3 is 15.0 Å². The van der Waals surface area contributed by atoms with Crippen molar-refractivity contribution in [3.8, 4) is 0 Å². The van der Waals surface area contributed by atoms with E-state index in [1.807, 2.05) is 37.3 Å². The number of aromatic amines is 2. The van der Waals surface area contributed by atoms with E-state index in [1.54, 1.807) is 4.90 Å². The number of aromatic nitrogens is 4. The van der Waals surface area contributed by atoms with Crippen LogP contribution in [0, 0.1) is 12.8 Å². The highest BCUT2D eigenvalue weighted by atomic mass is 16.3. The average molecular weight is 353 g/mol. The number of rotatable bonds is 5. The van der Waals surface area contributed by atoms with Crippen LogP contribution in [0.1, 0.15) is 23.6 Å². The molecular weight excluding hydrogens is 330 g/mol. The van der Waals surface area contributed by atoms with Crippen molar-refractivity contribution in [1.82, 2.24) is 25.1 Å². The molecular formula is C19H23N5O2. The van der Waals surface area contributed by atoms with Gasteiger partial charge in [-0.3, -0.25) is 9.89 Å². The number of carbonyl (C=O) groups is 1. The van der Waals surface area contributed by atoms with Crippen LogP contribution in [0.15, 0.2) is 30.3 Å². The van der Waals surface area contributed by atoms with E-state index in [4.69, 9.17) is 0 Å². The molecule has 0 radical (unpaired) electrons. The van der Waals surface area contributed by atoms with Gasteiger partial charge in [-0.05, 0) is 31.5 Å². The highest BCUT2D eigenvalue weighted by molar-refractivity contribution is 5.77. The molecule has 1 aliphatic heterocycles. The lowest BCUT2D eigenvalue weighted by atomic mass is 10.0. The van der Waals surface area contributed by atoms with Gasteiger partial charge >= 0.3 is 0 Å². The van der Waals surface area contributed by atoms with Crippen LogP contribution in [0.2, 0.25) is 0 Å². The second kappa shape index (κ2) is 6.92. The van der Waals surface area contributed by atoms with E-state index in [9.17, 15) is 9.90 Å². The Morgan fingerprint density at radius 1 is 1.35 bits per heavy atom. The molecule has 0 aliphatic carbocycles. The van der Waals surface area contributed by atoms with E-state index in [2.05, 4.69) is 20.2 Å². The predicted molar refractivity (Wildman–Crippen MR) is 97.5 cm³/mol. The van der Waals surface area contributed by atoms with Crippen molar-refractivity contribution in [3.63, 3.8) is 0 Å². The predicted octanol–water partition coefficient (Wildman–Crippen LogP) is 1.59. The standard InChI is InChI=1S/C19H23N5O2/c1-12-8-14(23-22-12)9-13-10-24(11-17(13)25)19(26)7-6-18-20-15-4-2-3-5-16(15)21-18/h2-5,8,13,17,25H,6-7,9-11H2,1H3,(H,20,21)(H,22,23)/t13-,17-/m1/s1. The summed E-state index contributed by atoms with van der Waals surface area (Å²) in [4.78, 5) is 22.1. The summed E-state index contributed by atoms with van der Waals surface area (Å²) in [6.07, 6.45) is 1.14. The molecule has 0 spiro atoms. The Morgan fingerprint density at radius 3 is 2.96 bits per heavy atom. The van der Waals surface area contributed by atoms with E-state index < -0.39 is 6.10 Å². The fraction of sp³-hybridized carbons (Fsp3) is 0.421. The SMILES string of the molecule is Cc1cc(C[C@@H]2CN(C(=O)CCc3nc4ccccc4[nH]3)C[C@H]2O)n[nH]1. The van der Waals surface area contributed by atoms with Gasteiger partial charge in [0.2, 0.25) is 5.91 Å². The van der Waals surface area contributed by atoms with Crippen molar-refractivity contribution in [2.75, 3.05) is 13.1 Å². The fourth-order valence-corrected chi connectivity index (χ4v) is 3.61. The summed E-state index contributed by atoms with van der Waals surface area (Å²) in [5, 5.41) is 17.5. The molecule has 1 fully saturated rings. The third-order valence-electron chi connectivity index (χ3n) is 5.00. The summed E-state index contributed by atoms with van der Waals surface area (Å²) >= 11 is 0. The molecule has 1 aromatic carbocycles. The molecule has 0 saturated carbocycles. The van der Waals surface area contributed by atoms with Crippen molar-refractivity contribution in [1.29, 1.82) is 0 Å². The molecule has 1 amide bonds. The molecule has 4 rings (SSSR count). The number of nitrogens with one attached hydrogen (secondary N) is 2. The van der Waals surface area contributed by atoms with Crippen LogP contribution in [-0.4, -0.2) is 55.3 Å². The molecule has 1 saturated heterocycles. The molecule has 7 nitrogen and oxygen atoms in total. The largest absolute Gasteiger partial charge is 0.391 e. The van der Waals surface area contributed by atoms with E-state index in [1.165, 1.54) is 0 Å². The van der Waals surface area contributed by atoms with Crippen LogP contribution in [0.5, 0.6) is 0 Å². The third kappa shape index (κ3) is 3.48. The number of aliphatic hydroxyl groups is 1. The lowest BCUT2D eigenvalue weighted by Crippen LogP contribution is -2.29. The van der Waals surface area contributed by atoms with Gasteiger partial charge in [0.05, 0.1) is 22.8 Å². The first-order valence-electron chi connectivity index (χ1n) is 8.99. The molecule has 0 unspecified atom stereocenters. The lowest BCUT2D eigenvalue weighted by Gasteiger charge is -2.15. The molecule has 0 bridgehead atoms. The molecule has 3 heterocycles. The van der Waals surface area contributed by atoms with Gasteiger partial charge in [0.1, 0.15) is 5.82 Å². The van der Waals surface area contributed by atoms with Crippen LogP contribution >= 0.6 is 0 Å². The molecule has 3 N–H and O–H groups in total. The Labute approximate surface area is 151 Å². The quantitative estimate of drug-likeness (QED) is 0.649. The summed E-state index contributed by atoms with van der Waals surface area (Å²) in [7, 11) is 0. The Morgan fingerprint density at radius 2 is 2.19 bits per heavy atom. The minimum atomic E-state index is -0.498. The number of hydrogen-bond acceptors (Lipinski definition) is 4. The number of hydrogen-bond donors (Lipinski definition) is 3. The van der Waals surface area contributed by atoms with Crippen LogP contribution < -0.4 is 0 Å². The number of aryl methyl sites for hydroxylation is 2. The highest BCUT2D eigenvalue weighted by Crippen LogP contribution is 2.22. The smallest absolute Gasteiger partial charge is 0.223 e. The zero-order valence-corrected chi connectivity index (χ0v) is 14.8. The fourth-order valence-electron chi connectivity index (χ4n) is 3.61. The maximum absolute atomic E-state index is 12.5. The Hall–Kier alpha value is -2.67. The van der Waals surface area contributed by atoms with Crippen molar-refractivity contribution in [2.24, 2.45) is 5.92 Å². The van der Waals surface area contributed by atoms with Crippen LogP contribution in [0.3, 0.4) is 0 Å². The lowest BCUT2D eigenvalue weighted by molar-refractivity contribution is -0.130. The number of benzene rings is 1. The van der Waals surface area contributed by atoms with Gasteiger partial charge in [-0.15, -0.1) is 0 Å². The molecule has 2 aromatic heterocycles. The topological polar surface area (TPSA) is 97.9 Å². The Bertz CT molecular complexity index is 882. The zero-order valence-electron chi connectivity index (χ0n) is 14.8. The number of likely N-dealkylation sites (tertiary alicyclic amines) is 1. The van der Waals surface area contributed by atoms with Crippen LogP contribution in [0.25, 0.3) is 11.0 Å². The number of carbonyl (C=O) groups excluding carboxylic acids is 1. The van der Waals surface area contributed by atoms with Gasteiger partial charge in [0.15, 0.2) is 0 Å². The maximum Gasteiger partial charge on any atom is 0.223 e. The van der Waals surface area contributed by atoms with Crippen molar-refractivity contribution >= 4 is 16.9 Å². The number of aliphatic hydroxyl groups excluding tert-OH is 1. The van der Waals surface area contributed by atoms with Crippen LogP contribution in [-0.2, 0) is 17.6 Å². The van der Waals surface area contributed by atoms with Crippen molar-refractivity contribution in [3.05, 3.63) is 47.5 Å². The number of H-pyrrole nitrogens is 2. The minimum Gasteiger partial charge on any atom is -0.391 e. The summed E-state index contributed by atoms with van der Waals surface area (Å²) in [5.41, 5.74) is 3.84. The third-order valence-corrected chi connectivity index (χ3v) is 5.00. The van der Waals surface area contributed by atoms with Gasteiger partial charge in [-0.25, -0.2) is 4.98 Å². The maximum atomic E-state index is 12.5. The van der Waals surface area contributed by atoms with Gasteiger partial charge in [-0.1, -0.05) is 12.1 Å². The summed E-state index contributed by atoms with van der Waals surface area (Å²) in [6, 6.07) is 9.83. The van der Waals surface area contributed by atoms with Crippen molar-refractivity contribution in [2.45, 2.75) is 32.3 Å². The second-order valence-electron chi connectivity index (χ2n) is 7.07. The molecule has 2 atom stereocenters. The molecule has 26 heavy (non-hydrogen) atoms. The molecule has 3 aromatic rings. The number of imidazole rings is 1. The number of β-amino-alcohol motifs (C(OH)–C–C–N with tert-alkyl or cyclic N) is 1. The normalized spacial score (nSPS) is 20.2. The van der Waals surface area contributed by atoms with E-state index in [0.717, 1.165) is 28.2 Å². The van der Waals surface area contributed by atoms with E-state index in [0.29, 0.717) is 32.4 Å². The van der Waals surface area contributed by atoms with E-state index in [-0.39, 0.29) is 11.8 Å².